The lowest BCUT2D eigenvalue weighted by molar-refractivity contribution is 0.276. The fourth-order valence-electron chi connectivity index (χ4n) is 2.10. The van der Waals surface area contributed by atoms with E-state index in [1.807, 2.05) is 6.20 Å². The Bertz CT molecular complexity index is 415. The van der Waals surface area contributed by atoms with Gasteiger partial charge in [0.25, 0.3) is 0 Å². The number of nitrogens with two attached hydrogens (primary N) is 1. The van der Waals surface area contributed by atoms with Gasteiger partial charge in [-0.1, -0.05) is 12.1 Å². The molecule has 0 saturated carbocycles. The first-order chi connectivity index (χ1) is 8.76. The molecule has 0 amide bonds. The second-order valence-corrected chi connectivity index (χ2v) is 4.39. The van der Waals surface area contributed by atoms with E-state index in [1.165, 1.54) is 0 Å². The molecular weight excluding hydrogens is 232 g/mol. The van der Waals surface area contributed by atoms with Crippen LogP contribution in [0.4, 0.5) is 0 Å². The number of aryl methyl sites for hydroxylation is 1. The third-order valence-electron chi connectivity index (χ3n) is 3.00. The minimum Gasteiger partial charge on any atom is -0.396 e. The van der Waals surface area contributed by atoms with Gasteiger partial charge in [0.05, 0.1) is 18.8 Å². The van der Waals surface area contributed by atoms with Crippen LogP contribution in [0.25, 0.3) is 0 Å². The monoisotopic (exact) mass is 252 g/mol. The van der Waals surface area contributed by atoms with Crippen molar-refractivity contribution in [3.05, 3.63) is 11.9 Å². The predicted octanol–water partition coefficient (Wildman–Crippen LogP) is -0.258. The van der Waals surface area contributed by atoms with Gasteiger partial charge in [-0.05, 0) is 12.8 Å². The van der Waals surface area contributed by atoms with Gasteiger partial charge in [0, 0.05) is 19.7 Å². The average molecular weight is 252 g/mol. The maximum Gasteiger partial charge on any atom is 0.191 e. The highest BCUT2D eigenvalue weighted by atomic mass is 16.3. The van der Waals surface area contributed by atoms with E-state index in [1.54, 1.807) is 4.68 Å². The molecule has 1 atom stereocenters. The minimum atomic E-state index is 0.104. The van der Waals surface area contributed by atoms with Crippen LogP contribution in [0.1, 0.15) is 31.5 Å². The van der Waals surface area contributed by atoms with Crippen LogP contribution in [0.2, 0.25) is 0 Å². The van der Waals surface area contributed by atoms with Crippen molar-refractivity contribution in [2.75, 3.05) is 19.7 Å². The molecule has 1 aromatic heterocycles. The molecule has 2 heterocycles. The first-order valence-corrected chi connectivity index (χ1v) is 6.33. The van der Waals surface area contributed by atoms with Gasteiger partial charge < -0.3 is 15.7 Å². The van der Waals surface area contributed by atoms with Crippen molar-refractivity contribution >= 4 is 5.96 Å². The number of hydrogen-bond acceptors (Lipinski definition) is 6. The Morgan fingerprint density at radius 1 is 1.50 bits per heavy atom. The van der Waals surface area contributed by atoms with Gasteiger partial charge in [0.2, 0.25) is 0 Å². The van der Waals surface area contributed by atoms with Crippen molar-refractivity contribution in [2.24, 2.45) is 10.7 Å². The lowest BCUT2D eigenvalue weighted by Gasteiger charge is -2.23. The van der Waals surface area contributed by atoms with Crippen LogP contribution in [0.5, 0.6) is 0 Å². The van der Waals surface area contributed by atoms with E-state index >= 15 is 0 Å². The zero-order valence-corrected chi connectivity index (χ0v) is 10.7. The SMILES string of the molecule is CCCN1C(N)=NCC1c1cn(CCCO)nn1. The van der Waals surface area contributed by atoms with Crippen molar-refractivity contribution in [1.82, 2.24) is 19.9 Å². The Morgan fingerprint density at radius 2 is 2.33 bits per heavy atom. The molecule has 0 radical (unpaired) electrons. The van der Waals surface area contributed by atoms with Crippen LogP contribution in [0, 0.1) is 0 Å². The molecule has 1 aliphatic rings. The zero-order valence-electron chi connectivity index (χ0n) is 10.7. The second-order valence-electron chi connectivity index (χ2n) is 4.39. The Hall–Kier alpha value is -1.63. The van der Waals surface area contributed by atoms with Crippen LogP contribution in [-0.2, 0) is 6.54 Å². The summed E-state index contributed by atoms with van der Waals surface area (Å²) in [6.45, 7) is 4.48. The predicted molar refractivity (Wildman–Crippen MR) is 68.0 cm³/mol. The molecule has 100 valence electrons. The third-order valence-corrected chi connectivity index (χ3v) is 3.00. The molecule has 0 saturated heterocycles. The van der Waals surface area contributed by atoms with Crippen molar-refractivity contribution < 1.29 is 5.11 Å². The van der Waals surface area contributed by atoms with E-state index < -0.39 is 0 Å². The highest BCUT2D eigenvalue weighted by Gasteiger charge is 2.28. The summed E-state index contributed by atoms with van der Waals surface area (Å²) in [6.07, 6.45) is 3.62. The molecule has 1 aliphatic heterocycles. The molecule has 0 bridgehead atoms. The normalized spacial score (nSPS) is 19.3. The molecule has 0 aromatic carbocycles. The summed E-state index contributed by atoms with van der Waals surface area (Å²) >= 11 is 0. The van der Waals surface area contributed by atoms with E-state index in [0.717, 1.165) is 18.7 Å². The van der Waals surface area contributed by atoms with Gasteiger partial charge in [-0.25, -0.2) is 0 Å². The standard InChI is InChI=1S/C11H20N6O/c1-2-4-17-10(7-13-11(17)12)9-8-16(15-14-9)5-3-6-18/h8,10,18H,2-7H2,1H3,(H2,12,13). The zero-order chi connectivity index (χ0) is 13.0. The van der Waals surface area contributed by atoms with Gasteiger partial charge >= 0.3 is 0 Å². The summed E-state index contributed by atoms with van der Waals surface area (Å²) in [6, 6.07) is 0.104. The Kier molecular flexibility index (Phi) is 4.14. The van der Waals surface area contributed by atoms with E-state index in [4.69, 9.17) is 10.8 Å². The molecule has 2 rings (SSSR count). The highest BCUT2D eigenvalue weighted by Crippen LogP contribution is 2.23. The Balaban J connectivity index is 2.04. The van der Waals surface area contributed by atoms with Crippen molar-refractivity contribution in [3.63, 3.8) is 0 Å². The summed E-state index contributed by atoms with van der Waals surface area (Å²) < 4.78 is 1.75. The quantitative estimate of drug-likeness (QED) is 0.728. The molecule has 0 fully saturated rings. The van der Waals surface area contributed by atoms with E-state index in [2.05, 4.69) is 27.1 Å². The Labute approximate surface area is 106 Å². The molecule has 7 nitrogen and oxygen atoms in total. The number of aliphatic imine (C=N–C) groups is 1. The second kappa shape index (κ2) is 5.81. The smallest absolute Gasteiger partial charge is 0.191 e. The highest BCUT2D eigenvalue weighted by molar-refractivity contribution is 5.80. The van der Waals surface area contributed by atoms with Crippen LogP contribution in [0.15, 0.2) is 11.2 Å². The minimum absolute atomic E-state index is 0.104. The van der Waals surface area contributed by atoms with Crippen molar-refractivity contribution in [2.45, 2.75) is 32.4 Å². The first kappa shape index (κ1) is 12.8. The lowest BCUT2D eigenvalue weighted by atomic mass is 10.2. The topological polar surface area (TPSA) is 92.6 Å². The fraction of sp³-hybridized carbons (Fsp3) is 0.727. The number of rotatable bonds is 6. The van der Waals surface area contributed by atoms with Gasteiger partial charge in [-0.2, -0.15) is 0 Å². The third kappa shape index (κ3) is 2.61. The average Bonchev–Trinajstić information content (AvgIpc) is 2.95. The molecule has 3 N–H and O–H groups in total. The number of guanidine groups is 1. The number of aromatic nitrogens is 3. The van der Waals surface area contributed by atoms with Gasteiger partial charge in [0.1, 0.15) is 5.69 Å². The summed E-state index contributed by atoms with van der Waals surface area (Å²) in [5, 5.41) is 17.0. The Morgan fingerprint density at radius 3 is 3.06 bits per heavy atom. The van der Waals surface area contributed by atoms with Crippen LogP contribution >= 0.6 is 0 Å². The molecule has 1 unspecified atom stereocenters. The largest absolute Gasteiger partial charge is 0.396 e. The van der Waals surface area contributed by atoms with Crippen LogP contribution in [-0.4, -0.2) is 50.7 Å². The lowest BCUT2D eigenvalue weighted by Crippen LogP contribution is -2.36. The van der Waals surface area contributed by atoms with Crippen LogP contribution < -0.4 is 5.73 Å². The van der Waals surface area contributed by atoms with Gasteiger partial charge in [-0.3, -0.25) is 9.67 Å². The van der Waals surface area contributed by atoms with Crippen LogP contribution in [0.3, 0.4) is 0 Å². The molecule has 7 heteroatoms. The van der Waals surface area contributed by atoms with E-state index in [-0.39, 0.29) is 12.6 Å². The number of hydrogen-bond donors (Lipinski definition) is 2. The maximum atomic E-state index is 8.79. The van der Waals surface area contributed by atoms with E-state index in [0.29, 0.717) is 25.5 Å². The molecule has 0 aliphatic carbocycles. The molecule has 0 spiro atoms. The van der Waals surface area contributed by atoms with E-state index in [9.17, 15) is 0 Å². The van der Waals surface area contributed by atoms with Crippen molar-refractivity contribution in [3.8, 4) is 0 Å². The number of nitrogens with zero attached hydrogens (tertiary/aromatic N) is 5. The number of aliphatic hydroxyl groups excluding tert-OH is 1. The fourth-order valence-corrected chi connectivity index (χ4v) is 2.10. The first-order valence-electron chi connectivity index (χ1n) is 6.33. The molecular formula is C11H20N6O. The maximum absolute atomic E-state index is 8.79. The van der Waals surface area contributed by atoms with Crippen molar-refractivity contribution in [1.29, 1.82) is 0 Å². The number of aliphatic hydroxyl groups is 1. The van der Waals surface area contributed by atoms with Gasteiger partial charge in [-0.15, -0.1) is 5.10 Å². The summed E-state index contributed by atoms with van der Waals surface area (Å²) in [5.74, 6) is 0.590. The summed E-state index contributed by atoms with van der Waals surface area (Å²) in [4.78, 5) is 6.34. The molecule has 1 aromatic rings. The molecule has 18 heavy (non-hydrogen) atoms. The summed E-state index contributed by atoms with van der Waals surface area (Å²) in [5.41, 5.74) is 6.76. The van der Waals surface area contributed by atoms with Gasteiger partial charge in [0.15, 0.2) is 5.96 Å². The summed E-state index contributed by atoms with van der Waals surface area (Å²) in [7, 11) is 0.